The molecular formula is C12H21NO2. The summed E-state index contributed by atoms with van der Waals surface area (Å²) in [6, 6.07) is 0. The molecule has 0 aromatic carbocycles. The van der Waals surface area contributed by atoms with Gasteiger partial charge in [-0.15, -0.1) is 0 Å². The van der Waals surface area contributed by atoms with Gasteiger partial charge >= 0.3 is 0 Å². The van der Waals surface area contributed by atoms with Crippen molar-refractivity contribution in [3.63, 3.8) is 0 Å². The summed E-state index contributed by atoms with van der Waals surface area (Å²) in [7, 11) is 0. The van der Waals surface area contributed by atoms with E-state index in [1.165, 1.54) is 25.7 Å². The van der Waals surface area contributed by atoms with E-state index >= 15 is 0 Å². The first kappa shape index (κ1) is 10.1. The van der Waals surface area contributed by atoms with Gasteiger partial charge in [0.2, 0.25) is 0 Å². The first-order valence-electron chi connectivity index (χ1n) is 6.36. The quantitative estimate of drug-likeness (QED) is 0.663. The molecule has 86 valence electrons. The number of nitrogens with one attached hydrogen (secondary N) is 1. The van der Waals surface area contributed by atoms with Crippen molar-refractivity contribution < 1.29 is 9.47 Å². The third kappa shape index (κ3) is 1.81. The van der Waals surface area contributed by atoms with Crippen LogP contribution in [0.15, 0.2) is 0 Å². The van der Waals surface area contributed by atoms with Gasteiger partial charge in [-0.2, -0.15) is 0 Å². The van der Waals surface area contributed by atoms with E-state index in [-0.39, 0.29) is 5.79 Å². The number of piperidine rings is 1. The van der Waals surface area contributed by atoms with Crippen molar-refractivity contribution in [2.75, 3.05) is 19.8 Å². The first-order valence-corrected chi connectivity index (χ1v) is 6.36. The second-order valence-corrected chi connectivity index (χ2v) is 5.30. The van der Waals surface area contributed by atoms with Gasteiger partial charge in [0.1, 0.15) is 0 Å². The Labute approximate surface area is 91.5 Å². The van der Waals surface area contributed by atoms with Crippen LogP contribution in [0.25, 0.3) is 0 Å². The topological polar surface area (TPSA) is 30.5 Å². The van der Waals surface area contributed by atoms with Gasteiger partial charge in [0.15, 0.2) is 5.79 Å². The van der Waals surface area contributed by atoms with E-state index in [1.807, 2.05) is 0 Å². The van der Waals surface area contributed by atoms with Crippen LogP contribution in [0.1, 0.15) is 44.9 Å². The molecule has 3 fully saturated rings. The summed E-state index contributed by atoms with van der Waals surface area (Å²) >= 11 is 0. The molecule has 2 aliphatic heterocycles. The Bertz CT molecular complexity index is 224. The van der Waals surface area contributed by atoms with E-state index in [4.69, 9.17) is 9.47 Å². The molecule has 15 heavy (non-hydrogen) atoms. The van der Waals surface area contributed by atoms with E-state index in [9.17, 15) is 0 Å². The van der Waals surface area contributed by atoms with Crippen molar-refractivity contribution in [1.82, 2.24) is 5.32 Å². The van der Waals surface area contributed by atoms with Crippen LogP contribution in [0, 0.1) is 0 Å². The van der Waals surface area contributed by atoms with Crippen molar-refractivity contribution in [3.8, 4) is 0 Å². The van der Waals surface area contributed by atoms with E-state index < -0.39 is 0 Å². The summed E-state index contributed by atoms with van der Waals surface area (Å²) in [5.74, 6) is -0.228. The standard InChI is InChI=1S/C12H21NO2/c1-2-5-11(4-1)10-12(6-7-13-11)14-8-3-9-15-12/h13H,1-10H2. The predicted octanol–water partition coefficient (Wildman–Crippen LogP) is 1.82. The maximum atomic E-state index is 5.93. The summed E-state index contributed by atoms with van der Waals surface area (Å²) in [4.78, 5) is 0. The van der Waals surface area contributed by atoms with Crippen LogP contribution in [0.3, 0.4) is 0 Å². The lowest BCUT2D eigenvalue weighted by molar-refractivity contribution is -0.287. The predicted molar refractivity (Wildman–Crippen MR) is 57.7 cm³/mol. The average molecular weight is 211 g/mol. The van der Waals surface area contributed by atoms with Gasteiger partial charge in [-0.05, 0) is 19.3 Å². The van der Waals surface area contributed by atoms with Gasteiger partial charge in [0, 0.05) is 24.9 Å². The van der Waals surface area contributed by atoms with Crippen LogP contribution < -0.4 is 5.32 Å². The highest BCUT2D eigenvalue weighted by atomic mass is 16.7. The molecule has 3 rings (SSSR count). The molecule has 1 aliphatic carbocycles. The van der Waals surface area contributed by atoms with Crippen LogP contribution in [0.2, 0.25) is 0 Å². The minimum Gasteiger partial charge on any atom is -0.350 e. The van der Waals surface area contributed by atoms with Crippen molar-refractivity contribution in [2.45, 2.75) is 56.3 Å². The number of ether oxygens (including phenoxy) is 2. The Morgan fingerprint density at radius 1 is 0.867 bits per heavy atom. The largest absolute Gasteiger partial charge is 0.350 e. The molecule has 0 aromatic rings. The lowest BCUT2D eigenvalue weighted by Crippen LogP contribution is -2.59. The summed E-state index contributed by atoms with van der Waals surface area (Å²) in [5.41, 5.74) is 0.343. The summed E-state index contributed by atoms with van der Waals surface area (Å²) in [6.45, 7) is 2.83. The second kappa shape index (κ2) is 3.72. The fourth-order valence-corrected chi connectivity index (χ4v) is 3.45. The van der Waals surface area contributed by atoms with Gasteiger partial charge in [-0.25, -0.2) is 0 Å². The van der Waals surface area contributed by atoms with Gasteiger partial charge in [-0.3, -0.25) is 0 Å². The molecule has 3 heteroatoms. The van der Waals surface area contributed by atoms with Gasteiger partial charge in [0.05, 0.1) is 13.2 Å². The van der Waals surface area contributed by atoms with Gasteiger partial charge in [-0.1, -0.05) is 12.8 Å². The van der Waals surface area contributed by atoms with Crippen LogP contribution in [-0.2, 0) is 9.47 Å². The van der Waals surface area contributed by atoms with Crippen LogP contribution in [0.5, 0.6) is 0 Å². The molecular weight excluding hydrogens is 190 g/mol. The summed E-state index contributed by atoms with van der Waals surface area (Å²) in [6.07, 6.45) is 8.49. The number of rotatable bonds is 0. The average Bonchev–Trinajstić information content (AvgIpc) is 2.67. The Balaban J connectivity index is 1.74. The second-order valence-electron chi connectivity index (χ2n) is 5.30. The zero-order valence-corrected chi connectivity index (χ0v) is 9.39. The third-order valence-electron chi connectivity index (χ3n) is 4.19. The van der Waals surface area contributed by atoms with E-state index in [0.29, 0.717) is 5.54 Å². The highest BCUT2D eigenvalue weighted by Crippen LogP contribution is 2.42. The molecule has 2 spiro atoms. The SMILES string of the molecule is C1COC2(CCNC3(CCCC3)C2)OC1. The van der Waals surface area contributed by atoms with Crippen molar-refractivity contribution in [3.05, 3.63) is 0 Å². The molecule has 0 amide bonds. The highest BCUT2D eigenvalue weighted by molar-refractivity contribution is 5.01. The van der Waals surface area contributed by atoms with Crippen molar-refractivity contribution >= 4 is 0 Å². The Morgan fingerprint density at radius 3 is 2.33 bits per heavy atom. The smallest absolute Gasteiger partial charge is 0.171 e. The Hall–Kier alpha value is -0.120. The molecule has 3 nitrogen and oxygen atoms in total. The molecule has 2 heterocycles. The maximum absolute atomic E-state index is 5.93. The molecule has 0 bridgehead atoms. The normalized spacial score (nSPS) is 33.6. The minimum atomic E-state index is -0.228. The molecule has 1 N–H and O–H groups in total. The molecule has 0 unspecified atom stereocenters. The zero-order valence-electron chi connectivity index (χ0n) is 9.39. The lowest BCUT2D eigenvalue weighted by Gasteiger charge is -2.48. The molecule has 0 radical (unpaired) electrons. The number of hydrogen-bond acceptors (Lipinski definition) is 3. The van der Waals surface area contributed by atoms with Crippen LogP contribution >= 0.6 is 0 Å². The van der Waals surface area contributed by atoms with E-state index in [1.54, 1.807) is 0 Å². The van der Waals surface area contributed by atoms with E-state index in [0.717, 1.165) is 39.0 Å². The maximum Gasteiger partial charge on any atom is 0.171 e. The molecule has 0 aromatic heterocycles. The molecule has 0 atom stereocenters. The van der Waals surface area contributed by atoms with Gasteiger partial charge < -0.3 is 14.8 Å². The first-order chi connectivity index (χ1) is 7.33. The van der Waals surface area contributed by atoms with Crippen LogP contribution in [-0.4, -0.2) is 31.1 Å². The molecule has 1 saturated carbocycles. The third-order valence-corrected chi connectivity index (χ3v) is 4.19. The van der Waals surface area contributed by atoms with Crippen molar-refractivity contribution in [2.24, 2.45) is 0 Å². The fraction of sp³-hybridized carbons (Fsp3) is 1.00. The fourth-order valence-electron chi connectivity index (χ4n) is 3.45. The monoisotopic (exact) mass is 211 g/mol. The van der Waals surface area contributed by atoms with E-state index in [2.05, 4.69) is 5.32 Å². The molecule has 2 saturated heterocycles. The zero-order chi connectivity index (χ0) is 10.2. The lowest BCUT2D eigenvalue weighted by atomic mass is 9.83. The Kier molecular flexibility index (Phi) is 2.49. The summed E-state index contributed by atoms with van der Waals surface area (Å²) in [5, 5.41) is 3.71. The molecule has 3 aliphatic rings. The summed E-state index contributed by atoms with van der Waals surface area (Å²) < 4.78 is 11.9. The number of hydrogen-bond donors (Lipinski definition) is 1. The minimum absolute atomic E-state index is 0.228. The van der Waals surface area contributed by atoms with Crippen molar-refractivity contribution in [1.29, 1.82) is 0 Å². The van der Waals surface area contributed by atoms with Gasteiger partial charge in [0.25, 0.3) is 0 Å². The highest BCUT2D eigenvalue weighted by Gasteiger charge is 2.48. The Morgan fingerprint density at radius 2 is 1.60 bits per heavy atom. The van der Waals surface area contributed by atoms with Crippen LogP contribution in [0.4, 0.5) is 0 Å².